The first-order valence-corrected chi connectivity index (χ1v) is 8.34. The number of piperidine rings is 1. The second kappa shape index (κ2) is 6.89. The molecule has 21 heavy (non-hydrogen) atoms. The molecule has 0 unspecified atom stereocenters. The summed E-state index contributed by atoms with van der Waals surface area (Å²) >= 11 is 6.37. The van der Waals surface area contributed by atoms with Gasteiger partial charge in [-0.05, 0) is 74.7 Å². The Morgan fingerprint density at radius 1 is 1.14 bits per heavy atom. The molecule has 0 bridgehead atoms. The van der Waals surface area contributed by atoms with E-state index >= 15 is 0 Å². The number of nitrogens with one attached hydrogen (secondary N) is 1. The average molecular weight is 310 g/mol. The highest BCUT2D eigenvalue weighted by molar-refractivity contribution is 6.32. The molecule has 0 atom stereocenters. The van der Waals surface area contributed by atoms with Gasteiger partial charge in [-0.3, -0.25) is 0 Å². The zero-order valence-electron chi connectivity index (χ0n) is 12.7. The maximum atomic E-state index is 6.37. The molecule has 1 aliphatic heterocycles. The van der Waals surface area contributed by atoms with Crippen LogP contribution < -0.4 is 14.8 Å². The Labute approximate surface area is 132 Å². The Balaban J connectivity index is 1.72. The zero-order valence-corrected chi connectivity index (χ0v) is 13.4. The fraction of sp³-hybridized carbons (Fsp3) is 0.647. The Morgan fingerprint density at radius 3 is 2.57 bits per heavy atom. The molecule has 1 heterocycles. The first kappa shape index (κ1) is 15.0. The van der Waals surface area contributed by atoms with Crippen LogP contribution in [-0.2, 0) is 6.42 Å². The molecule has 1 aliphatic carbocycles. The van der Waals surface area contributed by atoms with Crippen molar-refractivity contribution in [3.63, 3.8) is 0 Å². The van der Waals surface area contributed by atoms with Crippen molar-refractivity contribution >= 4 is 11.6 Å². The van der Waals surface area contributed by atoms with Crippen molar-refractivity contribution in [3.8, 4) is 11.5 Å². The molecule has 2 fully saturated rings. The van der Waals surface area contributed by atoms with E-state index in [4.69, 9.17) is 21.1 Å². The third kappa shape index (κ3) is 4.04. The molecule has 1 aromatic rings. The number of hydrogen-bond donors (Lipinski definition) is 1. The van der Waals surface area contributed by atoms with Gasteiger partial charge in [0.05, 0.1) is 18.7 Å². The van der Waals surface area contributed by atoms with Gasteiger partial charge in [0.25, 0.3) is 0 Å². The molecule has 1 aromatic carbocycles. The normalized spacial score (nSPS) is 19.5. The molecular formula is C17H24ClNO2. The summed E-state index contributed by atoms with van der Waals surface area (Å²) in [4.78, 5) is 0. The van der Waals surface area contributed by atoms with Gasteiger partial charge < -0.3 is 14.8 Å². The molecule has 2 aliphatic rings. The summed E-state index contributed by atoms with van der Waals surface area (Å²) in [6.07, 6.45) is 6.12. The second-order valence-electron chi connectivity index (χ2n) is 6.26. The largest absolute Gasteiger partial charge is 0.491 e. The molecule has 0 spiro atoms. The smallest absolute Gasteiger partial charge is 0.179 e. The molecule has 3 rings (SSSR count). The predicted octanol–water partition coefficient (Wildman–Crippen LogP) is 3.68. The second-order valence-corrected chi connectivity index (χ2v) is 6.67. The summed E-state index contributed by atoms with van der Waals surface area (Å²) < 4.78 is 11.3. The van der Waals surface area contributed by atoms with Crippen molar-refractivity contribution in [1.82, 2.24) is 5.32 Å². The standard InChI is InChI=1S/C17H24ClNO2/c1-20-17-15(18)9-14(8-12-4-6-19-7-5-12)10-16(17)21-11-13-2-3-13/h9-10,12-13,19H,2-8,11H2,1H3. The highest BCUT2D eigenvalue weighted by Gasteiger charge is 2.23. The first-order chi connectivity index (χ1) is 10.3. The maximum Gasteiger partial charge on any atom is 0.179 e. The molecule has 3 nitrogen and oxygen atoms in total. The number of halogens is 1. The van der Waals surface area contributed by atoms with Crippen LogP contribution in [0.25, 0.3) is 0 Å². The van der Waals surface area contributed by atoms with Crippen molar-refractivity contribution in [2.24, 2.45) is 11.8 Å². The number of benzene rings is 1. The van der Waals surface area contributed by atoms with E-state index in [1.165, 1.54) is 31.2 Å². The summed E-state index contributed by atoms with van der Waals surface area (Å²) in [7, 11) is 1.65. The van der Waals surface area contributed by atoms with E-state index < -0.39 is 0 Å². The minimum atomic E-state index is 0.662. The molecule has 1 saturated carbocycles. The van der Waals surface area contributed by atoms with Crippen LogP contribution in [0, 0.1) is 11.8 Å². The van der Waals surface area contributed by atoms with Crippen LogP contribution in [-0.4, -0.2) is 26.8 Å². The molecular weight excluding hydrogens is 286 g/mol. The lowest BCUT2D eigenvalue weighted by atomic mass is 9.91. The van der Waals surface area contributed by atoms with Crippen LogP contribution in [0.1, 0.15) is 31.2 Å². The lowest BCUT2D eigenvalue weighted by Crippen LogP contribution is -2.28. The summed E-state index contributed by atoms with van der Waals surface area (Å²) in [5.41, 5.74) is 1.26. The topological polar surface area (TPSA) is 30.5 Å². The highest BCUT2D eigenvalue weighted by Crippen LogP contribution is 2.39. The van der Waals surface area contributed by atoms with Gasteiger partial charge in [0.1, 0.15) is 0 Å². The van der Waals surface area contributed by atoms with Crippen molar-refractivity contribution in [3.05, 3.63) is 22.7 Å². The fourth-order valence-corrected chi connectivity index (χ4v) is 3.27. The summed E-state index contributed by atoms with van der Waals surface area (Å²) in [5.74, 6) is 2.95. The summed E-state index contributed by atoms with van der Waals surface area (Å²) in [5, 5.41) is 4.07. The first-order valence-electron chi connectivity index (χ1n) is 7.96. The van der Waals surface area contributed by atoms with Crippen LogP contribution in [0.3, 0.4) is 0 Å². The Kier molecular flexibility index (Phi) is 4.91. The van der Waals surface area contributed by atoms with Gasteiger partial charge in [0.15, 0.2) is 11.5 Å². The lowest BCUT2D eigenvalue weighted by molar-refractivity contribution is 0.280. The van der Waals surface area contributed by atoms with Crippen LogP contribution in [0.5, 0.6) is 11.5 Å². The number of rotatable bonds is 6. The highest BCUT2D eigenvalue weighted by atomic mass is 35.5. The minimum absolute atomic E-state index is 0.662. The minimum Gasteiger partial charge on any atom is -0.491 e. The van der Waals surface area contributed by atoms with Gasteiger partial charge >= 0.3 is 0 Å². The van der Waals surface area contributed by atoms with Crippen molar-refractivity contribution in [2.45, 2.75) is 32.1 Å². The summed E-state index contributed by atoms with van der Waals surface area (Å²) in [6.45, 7) is 3.03. The van der Waals surface area contributed by atoms with Crippen molar-refractivity contribution < 1.29 is 9.47 Å². The molecule has 4 heteroatoms. The number of ether oxygens (including phenoxy) is 2. The van der Waals surface area contributed by atoms with Crippen LogP contribution in [0.2, 0.25) is 5.02 Å². The third-order valence-corrected chi connectivity index (χ3v) is 4.71. The van der Waals surface area contributed by atoms with Crippen LogP contribution in [0.15, 0.2) is 12.1 Å². The van der Waals surface area contributed by atoms with Crippen LogP contribution >= 0.6 is 11.6 Å². The maximum absolute atomic E-state index is 6.37. The SMILES string of the molecule is COc1c(Cl)cc(CC2CCNCC2)cc1OCC1CC1. The van der Waals surface area contributed by atoms with Crippen LogP contribution in [0.4, 0.5) is 0 Å². The molecule has 0 aromatic heterocycles. The Morgan fingerprint density at radius 2 is 1.90 bits per heavy atom. The monoisotopic (exact) mass is 309 g/mol. The quantitative estimate of drug-likeness (QED) is 0.869. The van der Waals surface area contributed by atoms with E-state index in [2.05, 4.69) is 11.4 Å². The van der Waals surface area contributed by atoms with Gasteiger partial charge in [0.2, 0.25) is 0 Å². The fourth-order valence-electron chi connectivity index (χ4n) is 2.96. The van der Waals surface area contributed by atoms with E-state index in [0.717, 1.165) is 43.7 Å². The zero-order chi connectivity index (χ0) is 14.7. The van der Waals surface area contributed by atoms with Gasteiger partial charge in [0, 0.05) is 0 Å². The molecule has 1 saturated heterocycles. The van der Waals surface area contributed by atoms with E-state index in [-0.39, 0.29) is 0 Å². The van der Waals surface area contributed by atoms with Crippen molar-refractivity contribution in [2.75, 3.05) is 26.8 Å². The Hall–Kier alpha value is -0.930. The predicted molar refractivity (Wildman–Crippen MR) is 85.5 cm³/mol. The lowest BCUT2D eigenvalue weighted by Gasteiger charge is -2.23. The van der Waals surface area contributed by atoms with Gasteiger partial charge in [-0.2, -0.15) is 0 Å². The Bertz CT molecular complexity index is 482. The van der Waals surface area contributed by atoms with Gasteiger partial charge in [-0.15, -0.1) is 0 Å². The molecule has 116 valence electrons. The molecule has 0 amide bonds. The van der Waals surface area contributed by atoms with E-state index in [9.17, 15) is 0 Å². The van der Waals surface area contributed by atoms with E-state index in [0.29, 0.717) is 10.8 Å². The number of methoxy groups -OCH3 is 1. The van der Waals surface area contributed by atoms with Crippen molar-refractivity contribution in [1.29, 1.82) is 0 Å². The molecule has 0 radical (unpaired) electrons. The van der Waals surface area contributed by atoms with Gasteiger partial charge in [-0.25, -0.2) is 0 Å². The third-order valence-electron chi connectivity index (χ3n) is 4.43. The molecule has 1 N–H and O–H groups in total. The number of hydrogen-bond acceptors (Lipinski definition) is 3. The van der Waals surface area contributed by atoms with E-state index in [1.807, 2.05) is 6.07 Å². The average Bonchev–Trinajstić information content (AvgIpc) is 3.30. The van der Waals surface area contributed by atoms with Gasteiger partial charge in [-0.1, -0.05) is 11.6 Å². The van der Waals surface area contributed by atoms with E-state index in [1.54, 1.807) is 7.11 Å². The summed E-state index contributed by atoms with van der Waals surface area (Å²) in [6, 6.07) is 4.15.